The molecule has 4 aliphatic rings. The second-order valence-electron chi connectivity index (χ2n) is 9.10. The van der Waals surface area contributed by atoms with Crippen LogP contribution in [0.2, 0.25) is 0 Å². The smallest absolute Gasteiger partial charge is 0.135 e. The first kappa shape index (κ1) is 15.3. The molecule has 3 saturated carbocycles. The summed E-state index contributed by atoms with van der Waals surface area (Å²) < 4.78 is 7.15. The molecule has 4 atom stereocenters. The maximum atomic E-state index is 7.15. The van der Waals surface area contributed by atoms with Crippen molar-refractivity contribution >= 4 is 16.8 Å². The number of ether oxygens (including phenoxy) is 1. The molecule has 1 spiro atoms. The standard InChI is InChI=1S/C25H28O/c1-2-8-19-17(7-1)13-14-18-15-16-25(26-24(18)19)22-11-5-3-9-20(22)21-10-4-6-12-23(21)25/h1-2,7-8,13-16,20-23H,3-6,9-12H2. The van der Waals surface area contributed by atoms with Crippen molar-refractivity contribution in [3.8, 4) is 5.75 Å². The van der Waals surface area contributed by atoms with E-state index in [-0.39, 0.29) is 5.60 Å². The van der Waals surface area contributed by atoms with Crippen molar-refractivity contribution in [1.82, 2.24) is 0 Å². The molecule has 2 aromatic rings. The van der Waals surface area contributed by atoms with E-state index in [2.05, 4.69) is 48.6 Å². The summed E-state index contributed by atoms with van der Waals surface area (Å²) in [6.45, 7) is 0. The van der Waals surface area contributed by atoms with Crippen molar-refractivity contribution in [2.45, 2.75) is 57.0 Å². The van der Waals surface area contributed by atoms with E-state index in [0.717, 1.165) is 29.4 Å². The Hall–Kier alpha value is -1.76. The normalized spacial score (nSPS) is 37.8. The summed E-state index contributed by atoms with van der Waals surface area (Å²) in [6, 6.07) is 13.2. The zero-order valence-electron chi connectivity index (χ0n) is 15.5. The first-order valence-electron chi connectivity index (χ1n) is 10.8. The van der Waals surface area contributed by atoms with E-state index in [9.17, 15) is 0 Å². The minimum Gasteiger partial charge on any atom is -0.481 e. The molecule has 2 aromatic carbocycles. The van der Waals surface area contributed by atoms with Crippen molar-refractivity contribution in [3.05, 3.63) is 48.0 Å². The van der Waals surface area contributed by atoms with E-state index < -0.39 is 0 Å². The van der Waals surface area contributed by atoms with Gasteiger partial charge in [0.1, 0.15) is 11.4 Å². The topological polar surface area (TPSA) is 9.23 Å². The Labute approximate surface area is 156 Å². The third-order valence-corrected chi connectivity index (χ3v) is 8.06. The molecule has 4 unspecified atom stereocenters. The summed E-state index contributed by atoms with van der Waals surface area (Å²) >= 11 is 0. The molecule has 1 nitrogen and oxygen atoms in total. The van der Waals surface area contributed by atoms with Crippen molar-refractivity contribution in [2.75, 3.05) is 0 Å². The molecule has 6 rings (SSSR count). The maximum Gasteiger partial charge on any atom is 0.135 e. The van der Waals surface area contributed by atoms with Crippen LogP contribution in [0.4, 0.5) is 0 Å². The molecular weight excluding hydrogens is 316 g/mol. The van der Waals surface area contributed by atoms with Gasteiger partial charge in [0.05, 0.1) is 0 Å². The van der Waals surface area contributed by atoms with Crippen molar-refractivity contribution in [2.24, 2.45) is 23.7 Å². The zero-order valence-corrected chi connectivity index (χ0v) is 15.5. The molecule has 0 radical (unpaired) electrons. The number of rotatable bonds is 0. The Kier molecular flexibility index (Phi) is 3.31. The van der Waals surface area contributed by atoms with Gasteiger partial charge < -0.3 is 4.74 Å². The highest BCUT2D eigenvalue weighted by atomic mass is 16.5. The van der Waals surface area contributed by atoms with Gasteiger partial charge >= 0.3 is 0 Å². The van der Waals surface area contributed by atoms with Crippen molar-refractivity contribution in [1.29, 1.82) is 0 Å². The summed E-state index contributed by atoms with van der Waals surface area (Å²) in [5.74, 6) is 4.41. The molecule has 0 N–H and O–H groups in total. The van der Waals surface area contributed by atoms with Crippen LogP contribution in [0.5, 0.6) is 5.75 Å². The lowest BCUT2D eigenvalue weighted by molar-refractivity contribution is 0.00868. The number of hydrogen-bond acceptors (Lipinski definition) is 1. The van der Waals surface area contributed by atoms with E-state index in [1.54, 1.807) is 0 Å². The fraction of sp³-hybridized carbons (Fsp3) is 0.520. The molecule has 0 saturated heterocycles. The van der Waals surface area contributed by atoms with E-state index in [4.69, 9.17) is 4.74 Å². The Morgan fingerprint density at radius 2 is 1.46 bits per heavy atom. The van der Waals surface area contributed by atoms with Gasteiger partial charge in [-0.05, 0) is 49.0 Å². The Morgan fingerprint density at radius 1 is 0.769 bits per heavy atom. The fourth-order valence-electron chi connectivity index (χ4n) is 7.07. The summed E-state index contributed by atoms with van der Waals surface area (Å²) in [7, 11) is 0. The zero-order chi connectivity index (χ0) is 17.1. The van der Waals surface area contributed by atoms with Crippen LogP contribution < -0.4 is 4.74 Å². The van der Waals surface area contributed by atoms with E-state index >= 15 is 0 Å². The highest BCUT2D eigenvalue weighted by Crippen LogP contribution is 2.62. The molecule has 3 aliphatic carbocycles. The van der Waals surface area contributed by atoms with Gasteiger partial charge in [-0.25, -0.2) is 0 Å². The second kappa shape index (κ2) is 5.62. The third-order valence-electron chi connectivity index (χ3n) is 8.06. The van der Waals surface area contributed by atoms with Crippen molar-refractivity contribution < 1.29 is 4.74 Å². The van der Waals surface area contributed by atoms with Gasteiger partial charge in [-0.3, -0.25) is 0 Å². The van der Waals surface area contributed by atoms with Gasteiger partial charge in [0.15, 0.2) is 0 Å². The predicted molar refractivity (Wildman–Crippen MR) is 107 cm³/mol. The SMILES string of the molecule is C1=CC2(Oc3c1ccc1ccccc31)C1CCCCC1C1CCCCC12. The summed E-state index contributed by atoms with van der Waals surface area (Å²) in [5, 5.41) is 2.59. The third kappa shape index (κ3) is 1.98. The Balaban J connectivity index is 1.51. The van der Waals surface area contributed by atoms with Crippen LogP contribution in [-0.4, -0.2) is 5.60 Å². The number of hydrogen-bond donors (Lipinski definition) is 0. The second-order valence-corrected chi connectivity index (χ2v) is 9.10. The molecule has 0 amide bonds. The van der Waals surface area contributed by atoms with Crippen LogP contribution >= 0.6 is 0 Å². The van der Waals surface area contributed by atoms with Gasteiger partial charge in [0, 0.05) is 22.8 Å². The summed E-state index contributed by atoms with van der Waals surface area (Å²) in [5.41, 5.74) is 1.23. The minimum absolute atomic E-state index is 0.0344. The van der Waals surface area contributed by atoms with Crippen LogP contribution in [0.1, 0.15) is 56.9 Å². The molecular formula is C25H28O. The maximum absolute atomic E-state index is 7.15. The lowest BCUT2D eigenvalue weighted by Gasteiger charge is -2.44. The first-order valence-corrected chi connectivity index (χ1v) is 10.8. The number of benzene rings is 2. The first-order chi connectivity index (χ1) is 12.9. The van der Waals surface area contributed by atoms with Crippen LogP contribution in [0.25, 0.3) is 16.8 Å². The van der Waals surface area contributed by atoms with Gasteiger partial charge in [0.25, 0.3) is 0 Å². The molecule has 3 fully saturated rings. The highest BCUT2D eigenvalue weighted by Gasteiger charge is 2.61. The van der Waals surface area contributed by atoms with E-state index in [0.29, 0.717) is 0 Å². The largest absolute Gasteiger partial charge is 0.481 e. The van der Waals surface area contributed by atoms with Gasteiger partial charge in [0.2, 0.25) is 0 Å². The van der Waals surface area contributed by atoms with Crippen LogP contribution in [0, 0.1) is 23.7 Å². The highest BCUT2D eigenvalue weighted by molar-refractivity contribution is 5.92. The van der Waals surface area contributed by atoms with Crippen LogP contribution in [0.3, 0.4) is 0 Å². The average molecular weight is 344 g/mol. The number of fused-ring (bicyclic) bond motifs is 8. The minimum atomic E-state index is -0.0344. The molecule has 134 valence electrons. The quantitative estimate of drug-likeness (QED) is 0.522. The molecule has 1 aliphatic heterocycles. The summed E-state index contributed by atoms with van der Waals surface area (Å²) in [6.07, 6.45) is 16.2. The van der Waals surface area contributed by atoms with Gasteiger partial charge in [-0.1, -0.05) is 68.2 Å². The molecule has 0 aromatic heterocycles. The Morgan fingerprint density at radius 3 is 2.23 bits per heavy atom. The molecule has 1 heteroatoms. The van der Waals surface area contributed by atoms with Crippen LogP contribution in [0.15, 0.2) is 42.5 Å². The predicted octanol–water partition coefficient (Wildman–Crippen LogP) is 6.61. The van der Waals surface area contributed by atoms with E-state index in [1.165, 1.54) is 67.7 Å². The van der Waals surface area contributed by atoms with E-state index in [1.807, 2.05) is 0 Å². The monoisotopic (exact) mass is 344 g/mol. The fourth-order valence-corrected chi connectivity index (χ4v) is 7.07. The van der Waals surface area contributed by atoms with Gasteiger partial charge in [-0.2, -0.15) is 0 Å². The lowest BCUT2D eigenvalue weighted by Crippen LogP contribution is -2.47. The average Bonchev–Trinajstić information content (AvgIpc) is 2.98. The lowest BCUT2D eigenvalue weighted by atomic mass is 9.73. The summed E-state index contributed by atoms with van der Waals surface area (Å²) in [4.78, 5) is 0. The van der Waals surface area contributed by atoms with Gasteiger partial charge in [-0.15, -0.1) is 0 Å². The molecule has 0 bridgehead atoms. The molecule has 26 heavy (non-hydrogen) atoms. The van der Waals surface area contributed by atoms with Crippen LogP contribution in [-0.2, 0) is 0 Å². The van der Waals surface area contributed by atoms with Crippen molar-refractivity contribution in [3.63, 3.8) is 0 Å². The Bertz CT molecular complexity index is 857. The molecule has 1 heterocycles.